The molecule has 2 unspecified atom stereocenters. The summed E-state index contributed by atoms with van der Waals surface area (Å²) in [7, 11) is 0. The smallest absolute Gasteiger partial charge is 0.0256 e. The van der Waals surface area contributed by atoms with Crippen LogP contribution in [0.1, 0.15) is 32.3 Å². The number of hydrogen-bond acceptors (Lipinski definition) is 1. The van der Waals surface area contributed by atoms with Crippen molar-refractivity contribution >= 4 is 0 Å². The molecule has 1 aromatic rings. The van der Waals surface area contributed by atoms with E-state index in [4.69, 9.17) is 5.73 Å². The summed E-state index contributed by atoms with van der Waals surface area (Å²) in [6.45, 7) is 4.44. The molecule has 0 spiro atoms. The predicted molar refractivity (Wildman–Crippen MR) is 55.6 cm³/mol. The van der Waals surface area contributed by atoms with Crippen molar-refractivity contribution in [2.24, 2.45) is 5.73 Å². The molecule has 2 atom stereocenters. The van der Waals surface area contributed by atoms with Crippen LogP contribution in [0.15, 0.2) is 30.3 Å². The van der Waals surface area contributed by atoms with Crippen LogP contribution in [0.5, 0.6) is 0 Å². The van der Waals surface area contributed by atoms with Gasteiger partial charge < -0.3 is 5.73 Å². The third-order valence-electron chi connectivity index (χ3n) is 3.68. The molecule has 1 fully saturated rings. The molecule has 2 rings (SSSR count). The minimum atomic E-state index is 0.0500. The van der Waals surface area contributed by atoms with Crippen LogP contribution < -0.4 is 5.73 Å². The Morgan fingerprint density at radius 2 is 1.92 bits per heavy atom. The zero-order valence-electron chi connectivity index (χ0n) is 8.38. The number of nitrogens with two attached hydrogens (primary N) is 1. The van der Waals surface area contributed by atoms with Gasteiger partial charge in [-0.3, -0.25) is 0 Å². The van der Waals surface area contributed by atoms with E-state index in [2.05, 4.69) is 44.2 Å². The first-order valence-corrected chi connectivity index (χ1v) is 4.97. The fourth-order valence-electron chi connectivity index (χ4n) is 2.30. The quantitative estimate of drug-likeness (QED) is 0.734. The van der Waals surface area contributed by atoms with E-state index in [1.807, 2.05) is 0 Å². The lowest BCUT2D eigenvalue weighted by molar-refractivity contribution is 0.547. The third-order valence-corrected chi connectivity index (χ3v) is 3.68. The average Bonchev–Trinajstić information content (AvgIpc) is 2.74. The maximum absolute atomic E-state index is 6.26. The van der Waals surface area contributed by atoms with Crippen LogP contribution in [0, 0.1) is 0 Å². The van der Waals surface area contributed by atoms with Gasteiger partial charge in [-0.25, -0.2) is 0 Å². The highest BCUT2D eigenvalue weighted by atomic mass is 14.9. The van der Waals surface area contributed by atoms with Gasteiger partial charge in [0.15, 0.2) is 0 Å². The van der Waals surface area contributed by atoms with E-state index in [1.54, 1.807) is 0 Å². The van der Waals surface area contributed by atoms with Gasteiger partial charge in [0.05, 0.1) is 0 Å². The van der Waals surface area contributed by atoms with Crippen molar-refractivity contribution in [3.63, 3.8) is 0 Å². The van der Waals surface area contributed by atoms with Gasteiger partial charge in [0.1, 0.15) is 0 Å². The number of benzene rings is 1. The van der Waals surface area contributed by atoms with Crippen molar-refractivity contribution in [2.45, 2.75) is 37.6 Å². The summed E-state index contributed by atoms with van der Waals surface area (Å²) < 4.78 is 0. The van der Waals surface area contributed by atoms with E-state index in [9.17, 15) is 0 Å². The standard InChI is InChI=1S/C12H17N/c1-3-12(13)9-11(12,2)10-7-5-4-6-8-10/h4-8H,3,9,13H2,1-2H3. The minimum Gasteiger partial charge on any atom is -0.324 e. The Balaban J connectivity index is 2.30. The van der Waals surface area contributed by atoms with E-state index in [-0.39, 0.29) is 11.0 Å². The van der Waals surface area contributed by atoms with Gasteiger partial charge in [-0.2, -0.15) is 0 Å². The summed E-state index contributed by atoms with van der Waals surface area (Å²) in [5.74, 6) is 0. The molecule has 0 radical (unpaired) electrons. The highest BCUT2D eigenvalue weighted by molar-refractivity contribution is 5.39. The number of rotatable bonds is 2. The molecule has 0 saturated heterocycles. The lowest BCUT2D eigenvalue weighted by Crippen LogP contribution is -2.30. The van der Waals surface area contributed by atoms with Crippen LogP contribution in [0.25, 0.3) is 0 Å². The molecule has 70 valence electrons. The second kappa shape index (κ2) is 2.58. The molecule has 0 bridgehead atoms. The maximum Gasteiger partial charge on any atom is 0.0256 e. The zero-order valence-corrected chi connectivity index (χ0v) is 8.38. The van der Waals surface area contributed by atoms with E-state index >= 15 is 0 Å². The molecule has 0 aromatic heterocycles. The normalized spacial score (nSPS) is 37.5. The lowest BCUT2D eigenvalue weighted by Gasteiger charge is -2.17. The molecular formula is C12H17N. The Morgan fingerprint density at radius 1 is 1.31 bits per heavy atom. The van der Waals surface area contributed by atoms with Crippen molar-refractivity contribution < 1.29 is 0 Å². The molecule has 1 saturated carbocycles. The second-order valence-corrected chi connectivity index (χ2v) is 4.38. The molecule has 13 heavy (non-hydrogen) atoms. The Labute approximate surface area is 80.0 Å². The first kappa shape index (κ1) is 8.76. The Morgan fingerprint density at radius 3 is 2.38 bits per heavy atom. The second-order valence-electron chi connectivity index (χ2n) is 4.38. The Kier molecular flexibility index (Phi) is 1.74. The predicted octanol–water partition coefficient (Wildman–Crippen LogP) is 2.46. The fourth-order valence-corrected chi connectivity index (χ4v) is 2.30. The summed E-state index contributed by atoms with van der Waals surface area (Å²) in [5.41, 5.74) is 7.92. The molecule has 1 aliphatic carbocycles. The van der Waals surface area contributed by atoms with Crippen LogP contribution in [0.3, 0.4) is 0 Å². The maximum atomic E-state index is 6.26. The minimum absolute atomic E-state index is 0.0500. The van der Waals surface area contributed by atoms with Gasteiger partial charge in [0.2, 0.25) is 0 Å². The van der Waals surface area contributed by atoms with E-state index in [1.165, 1.54) is 5.56 Å². The van der Waals surface area contributed by atoms with E-state index in [0.717, 1.165) is 12.8 Å². The van der Waals surface area contributed by atoms with Gasteiger partial charge >= 0.3 is 0 Å². The van der Waals surface area contributed by atoms with E-state index in [0.29, 0.717) is 0 Å². The molecule has 0 aliphatic heterocycles. The summed E-state index contributed by atoms with van der Waals surface area (Å²) in [6.07, 6.45) is 2.19. The summed E-state index contributed by atoms with van der Waals surface area (Å²) in [4.78, 5) is 0. The molecule has 1 aromatic carbocycles. The van der Waals surface area contributed by atoms with Crippen LogP contribution in [-0.4, -0.2) is 5.54 Å². The van der Waals surface area contributed by atoms with Crippen LogP contribution in [0.2, 0.25) is 0 Å². The topological polar surface area (TPSA) is 26.0 Å². The highest BCUT2D eigenvalue weighted by Gasteiger charge is 2.61. The molecule has 1 aliphatic rings. The Bertz CT molecular complexity index is 306. The summed E-state index contributed by atoms with van der Waals surface area (Å²) in [6, 6.07) is 10.6. The highest BCUT2D eigenvalue weighted by Crippen LogP contribution is 2.57. The van der Waals surface area contributed by atoms with Crippen molar-refractivity contribution in [1.29, 1.82) is 0 Å². The summed E-state index contributed by atoms with van der Waals surface area (Å²) in [5, 5.41) is 0. The van der Waals surface area contributed by atoms with Crippen molar-refractivity contribution in [3.05, 3.63) is 35.9 Å². The molecule has 2 N–H and O–H groups in total. The molecule has 0 amide bonds. The van der Waals surface area contributed by atoms with Crippen molar-refractivity contribution in [2.75, 3.05) is 0 Å². The molecule has 0 heterocycles. The van der Waals surface area contributed by atoms with Crippen LogP contribution in [-0.2, 0) is 5.41 Å². The van der Waals surface area contributed by atoms with E-state index < -0.39 is 0 Å². The first-order valence-electron chi connectivity index (χ1n) is 4.97. The lowest BCUT2D eigenvalue weighted by atomic mass is 9.92. The monoisotopic (exact) mass is 175 g/mol. The number of hydrogen-bond donors (Lipinski definition) is 1. The van der Waals surface area contributed by atoms with Crippen molar-refractivity contribution in [1.82, 2.24) is 0 Å². The molecule has 1 heteroatoms. The van der Waals surface area contributed by atoms with Gasteiger partial charge in [0, 0.05) is 11.0 Å². The van der Waals surface area contributed by atoms with Crippen molar-refractivity contribution in [3.8, 4) is 0 Å². The zero-order chi connectivity index (χ0) is 9.53. The summed E-state index contributed by atoms with van der Waals surface area (Å²) >= 11 is 0. The SMILES string of the molecule is CCC1(N)CC1(C)c1ccccc1. The first-order chi connectivity index (χ1) is 6.12. The largest absolute Gasteiger partial charge is 0.324 e. The van der Waals surface area contributed by atoms with Crippen LogP contribution >= 0.6 is 0 Å². The third kappa shape index (κ3) is 1.11. The van der Waals surface area contributed by atoms with Gasteiger partial charge in [-0.1, -0.05) is 44.2 Å². The molecular weight excluding hydrogens is 158 g/mol. The molecule has 1 nitrogen and oxygen atoms in total. The fraction of sp³-hybridized carbons (Fsp3) is 0.500. The average molecular weight is 175 g/mol. The van der Waals surface area contributed by atoms with Gasteiger partial charge in [-0.15, -0.1) is 0 Å². The van der Waals surface area contributed by atoms with Gasteiger partial charge in [-0.05, 0) is 18.4 Å². The Hall–Kier alpha value is -0.820. The van der Waals surface area contributed by atoms with Crippen LogP contribution in [0.4, 0.5) is 0 Å². The van der Waals surface area contributed by atoms with Gasteiger partial charge in [0.25, 0.3) is 0 Å².